The van der Waals surface area contributed by atoms with Crippen molar-refractivity contribution in [2.24, 2.45) is 7.05 Å². The Labute approximate surface area is 102 Å². The first-order chi connectivity index (χ1) is 8.29. The number of rotatable bonds is 5. The molecular formula is C13H18N4. The number of aromatic nitrogens is 3. The molecule has 17 heavy (non-hydrogen) atoms. The van der Waals surface area contributed by atoms with Crippen LogP contribution in [0.4, 0.5) is 0 Å². The van der Waals surface area contributed by atoms with E-state index in [1.54, 1.807) is 0 Å². The number of hydrogen-bond donors (Lipinski definition) is 1. The van der Waals surface area contributed by atoms with Crippen LogP contribution in [-0.2, 0) is 13.5 Å². The Balaban J connectivity index is 2.13. The molecule has 0 aliphatic carbocycles. The van der Waals surface area contributed by atoms with Crippen molar-refractivity contribution in [1.29, 1.82) is 0 Å². The lowest BCUT2D eigenvalue weighted by Gasteiger charge is -2.16. The Morgan fingerprint density at radius 1 is 1.41 bits per heavy atom. The SMILES string of the molecule is CCNC(Cc1cnn(C)c1)c1ccccn1. The van der Waals surface area contributed by atoms with Gasteiger partial charge < -0.3 is 5.32 Å². The molecule has 0 bridgehead atoms. The van der Waals surface area contributed by atoms with Crippen LogP contribution in [0.15, 0.2) is 36.8 Å². The van der Waals surface area contributed by atoms with E-state index in [-0.39, 0.29) is 6.04 Å². The summed E-state index contributed by atoms with van der Waals surface area (Å²) < 4.78 is 1.83. The average molecular weight is 230 g/mol. The molecule has 1 N–H and O–H groups in total. The molecule has 2 heterocycles. The zero-order valence-corrected chi connectivity index (χ0v) is 10.3. The summed E-state index contributed by atoms with van der Waals surface area (Å²) >= 11 is 0. The highest BCUT2D eigenvalue weighted by Crippen LogP contribution is 2.15. The summed E-state index contributed by atoms with van der Waals surface area (Å²) in [5.74, 6) is 0. The molecule has 0 saturated heterocycles. The fourth-order valence-corrected chi connectivity index (χ4v) is 1.92. The summed E-state index contributed by atoms with van der Waals surface area (Å²) in [7, 11) is 1.94. The molecule has 0 aliphatic heterocycles. The van der Waals surface area contributed by atoms with Crippen LogP contribution in [0.1, 0.15) is 24.2 Å². The molecule has 1 atom stereocenters. The maximum atomic E-state index is 4.41. The second-order valence-corrected chi connectivity index (χ2v) is 4.09. The van der Waals surface area contributed by atoms with Crippen LogP contribution in [0, 0.1) is 0 Å². The standard InChI is InChI=1S/C13H18N4/c1-3-14-13(12-6-4-5-7-15-12)8-11-9-16-17(2)10-11/h4-7,9-10,13-14H,3,8H2,1-2H3. The van der Waals surface area contributed by atoms with Gasteiger partial charge in [-0.25, -0.2) is 0 Å². The first-order valence-electron chi connectivity index (χ1n) is 5.91. The highest BCUT2D eigenvalue weighted by Gasteiger charge is 2.12. The third kappa shape index (κ3) is 3.14. The second-order valence-electron chi connectivity index (χ2n) is 4.09. The fourth-order valence-electron chi connectivity index (χ4n) is 1.92. The minimum atomic E-state index is 0.255. The molecule has 0 aliphatic rings. The van der Waals surface area contributed by atoms with Crippen molar-refractivity contribution in [1.82, 2.24) is 20.1 Å². The molecule has 4 nitrogen and oxygen atoms in total. The second kappa shape index (κ2) is 5.59. The van der Waals surface area contributed by atoms with Gasteiger partial charge in [-0.15, -0.1) is 0 Å². The molecule has 0 fully saturated rings. The van der Waals surface area contributed by atoms with Gasteiger partial charge in [-0.1, -0.05) is 13.0 Å². The molecule has 0 radical (unpaired) electrons. The summed E-state index contributed by atoms with van der Waals surface area (Å²) in [5, 5.41) is 7.65. The smallest absolute Gasteiger partial charge is 0.0576 e. The molecule has 0 saturated carbocycles. The first kappa shape index (κ1) is 11.8. The van der Waals surface area contributed by atoms with Crippen molar-refractivity contribution in [2.75, 3.05) is 6.54 Å². The Kier molecular flexibility index (Phi) is 3.88. The number of aryl methyl sites for hydroxylation is 1. The van der Waals surface area contributed by atoms with E-state index >= 15 is 0 Å². The lowest BCUT2D eigenvalue weighted by atomic mass is 10.1. The van der Waals surface area contributed by atoms with Gasteiger partial charge in [0.25, 0.3) is 0 Å². The lowest BCUT2D eigenvalue weighted by Crippen LogP contribution is -2.23. The molecule has 4 heteroatoms. The van der Waals surface area contributed by atoms with E-state index in [1.807, 2.05) is 42.5 Å². The molecule has 2 rings (SSSR count). The fraction of sp³-hybridized carbons (Fsp3) is 0.385. The van der Waals surface area contributed by atoms with E-state index < -0.39 is 0 Å². The Morgan fingerprint density at radius 2 is 2.29 bits per heavy atom. The molecule has 0 amide bonds. The molecule has 2 aromatic heterocycles. The van der Waals surface area contributed by atoms with Gasteiger partial charge in [0.2, 0.25) is 0 Å². The highest BCUT2D eigenvalue weighted by molar-refractivity contribution is 5.14. The number of hydrogen-bond acceptors (Lipinski definition) is 3. The average Bonchev–Trinajstić information content (AvgIpc) is 2.75. The Bertz CT molecular complexity index is 449. The first-order valence-corrected chi connectivity index (χ1v) is 5.91. The van der Waals surface area contributed by atoms with Gasteiger partial charge in [-0.3, -0.25) is 9.67 Å². The lowest BCUT2D eigenvalue weighted by molar-refractivity contribution is 0.536. The molecule has 90 valence electrons. The van der Waals surface area contributed by atoms with E-state index in [4.69, 9.17) is 0 Å². The summed E-state index contributed by atoms with van der Waals surface area (Å²) in [4.78, 5) is 4.41. The van der Waals surface area contributed by atoms with E-state index in [9.17, 15) is 0 Å². The van der Waals surface area contributed by atoms with Crippen LogP contribution in [0.2, 0.25) is 0 Å². The van der Waals surface area contributed by atoms with Crippen LogP contribution in [-0.4, -0.2) is 21.3 Å². The van der Waals surface area contributed by atoms with Crippen LogP contribution in [0.25, 0.3) is 0 Å². The Hall–Kier alpha value is -1.68. The predicted molar refractivity (Wildman–Crippen MR) is 67.6 cm³/mol. The third-order valence-electron chi connectivity index (χ3n) is 2.69. The van der Waals surface area contributed by atoms with Crippen molar-refractivity contribution < 1.29 is 0 Å². The Morgan fingerprint density at radius 3 is 2.88 bits per heavy atom. The number of nitrogens with one attached hydrogen (secondary N) is 1. The summed E-state index contributed by atoms with van der Waals surface area (Å²) in [6.07, 6.45) is 6.71. The van der Waals surface area contributed by atoms with Crippen molar-refractivity contribution in [3.05, 3.63) is 48.0 Å². The summed E-state index contributed by atoms with van der Waals surface area (Å²) in [6.45, 7) is 3.04. The maximum Gasteiger partial charge on any atom is 0.0576 e. The van der Waals surface area contributed by atoms with Gasteiger partial charge in [0.15, 0.2) is 0 Å². The van der Waals surface area contributed by atoms with Gasteiger partial charge in [-0.2, -0.15) is 5.10 Å². The molecule has 0 spiro atoms. The van der Waals surface area contributed by atoms with Crippen molar-refractivity contribution >= 4 is 0 Å². The van der Waals surface area contributed by atoms with Crippen LogP contribution in [0.3, 0.4) is 0 Å². The van der Waals surface area contributed by atoms with Crippen molar-refractivity contribution in [3.8, 4) is 0 Å². The topological polar surface area (TPSA) is 42.7 Å². The van der Waals surface area contributed by atoms with E-state index in [1.165, 1.54) is 5.56 Å². The van der Waals surface area contributed by atoms with E-state index in [2.05, 4.69) is 28.4 Å². The van der Waals surface area contributed by atoms with Crippen molar-refractivity contribution in [2.45, 2.75) is 19.4 Å². The quantitative estimate of drug-likeness (QED) is 0.850. The van der Waals surface area contributed by atoms with Crippen molar-refractivity contribution in [3.63, 3.8) is 0 Å². The zero-order valence-electron chi connectivity index (χ0n) is 10.3. The monoisotopic (exact) mass is 230 g/mol. The van der Waals surface area contributed by atoms with E-state index in [0.29, 0.717) is 0 Å². The third-order valence-corrected chi connectivity index (χ3v) is 2.69. The molecule has 2 aromatic rings. The maximum absolute atomic E-state index is 4.41. The summed E-state index contributed by atoms with van der Waals surface area (Å²) in [6, 6.07) is 6.28. The predicted octanol–water partition coefficient (Wildman–Crippen LogP) is 1.71. The van der Waals surface area contributed by atoms with Crippen LogP contribution < -0.4 is 5.32 Å². The van der Waals surface area contributed by atoms with Crippen LogP contribution in [0.5, 0.6) is 0 Å². The highest BCUT2D eigenvalue weighted by atomic mass is 15.2. The van der Waals surface area contributed by atoms with Crippen LogP contribution >= 0.6 is 0 Å². The van der Waals surface area contributed by atoms with E-state index in [0.717, 1.165) is 18.7 Å². The normalized spacial score (nSPS) is 12.6. The molecule has 1 unspecified atom stereocenters. The number of nitrogens with zero attached hydrogens (tertiary/aromatic N) is 3. The van der Waals surface area contributed by atoms with Gasteiger partial charge in [-0.05, 0) is 30.7 Å². The minimum absolute atomic E-state index is 0.255. The van der Waals surface area contributed by atoms with Gasteiger partial charge in [0.05, 0.1) is 17.9 Å². The summed E-state index contributed by atoms with van der Waals surface area (Å²) in [5.41, 5.74) is 2.31. The molecular weight excluding hydrogens is 212 g/mol. The van der Waals surface area contributed by atoms with Gasteiger partial charge in [0, 0.05) is 19.4 Å². The largest absolute Gasteiger partial charge is 0.309 e. The number of likely N-dealkylation sites (N-methyl/N-ethyl adjacent to an activating group) is 1. The zero-order chi connectivity index (χ0) is 12.1. The molecule has 0 aromatic carbocycles. The minimum Gasteiger partial charge on any atom is -0.309 e. The van der Waals surface area contributed by atoms with Gasteiger partial charge >= 0.3 is 0 Å². The van der Waals surface area contributed by atoms with Gasteiger partial charge in [0.1, 0.15) is 0 Å². The number of pyridine rings is 1.